The Balaban J connectivity index is 3.19. The summed E-state index contributed by atoms with van der Waals surface area (Å²) in [7, 11) is 0. The van der Waals surface area contributed by atoms with E-state index >= 15 is 0 Å². The molecule has 0 aliphatic heterocycles. The van der Waals surface area contributed by atoms with Gasteiger partial charge in [0.15, 0.2) is 5.78 Å². The third-order valence-corrected chi connectivity index (χ3v) is 1.92. The average molecular weight is 223 g/mol. The summed E-state index contributed by atoms with van der Waals surface area (Å²) in [6.07, 6.45) is -0.0837. The standard InChI is InChI=1S/C11H13NO4/c1-7(2)16-11-5-4-9(12(14)15)6-10(11)8(3)13/h4-7H,1-3H3. The van der Waals surface area contributed by atoms with Gasteiger partial charge in [0.1, 0.15) is 5.75 Å². The smallest absolute Gasteiger partial charge is 0.270 e. The van der Waals surface area contributed by atoms with Crippen LogP contribution in [0.2, 0.25) is 0 Å². The van der Waals surface area contributed by atoms with Gasteiger partial charge in [-0.25, -0.2) is 0 Å². The van der Waals surface area contributed by atoms with E-state index in [1.54, 1.807) is 0 Å². The molecule has 0 aromatic heterocycles. The van der Waals surface area contributed by atoms with Gasteiger partial charge in [0.05, 0.1) is 16.6 Å². The number of hydrogen-bond acceptors (Lipinski definition) is 4. The molecule has 5 heteroatoms. The molecule has 0 N–H and O–H groups in total. The van der Waals surface area contributed by atoms with E-state index < -0.39 is 4.92 Å². The van der Waals surface area contributed by atoms with Gasteiger partial charge in [-0.3, -0.25) is 14.9 Å². The quantitative estimate of drug-likeness (QED) is 0.447. The minimum absolute atomic E-state index is 0.0837. The van der Waals surface area contributed by atoms with Crippen molar-refractivity contribution >= 4 is 11.5 Å². The lowest BCUT2D eigenvalue weighted by atomic mass is 10.1. The number of benzene rings is 1. The van der Waals surface area contributed by atoms with Crippen LogP contribution < -0.4 is 4.74 Å². The van der Waals surface area contributed by atoms with Gasteiger partial charge in [0, 0.05) is 12.1 Å². The zero-order valence-corrected chi connectivity index (χ0v) is 9.39. The summed E-state index contributed by atoms with van der Waals surface area (Å²) in [5.41, 5.74) is 0.129. The van der Waals surface area contributed by atoms with E-state index in [-0.39, 0.29) is 23.1 Å². The maximum absolute atomic E-state index is 11.3. The van der Waals surface area contributed by atoms with Gasteiger partial charge in [-0.05, 0) is 26.8 Å². The predicted molar refractivity (Wildman–Crippen MR) is 58.9 cm³/mol. The van der Waals surface area contributed by atoms with Crippen molar-refractivity contribution in [3.63, 3.8) is 0 Å². The predicted octanol–water partition coefficient (Wildman–Crippen LogP) is 2.58. The molecule has 0 heterocycles. The fraction of sp³-hybridized carbons (Fsp3) is 0.364. The summed E-state index contributed by atoms with van der Waals surface area (Å²) >= 11 is 0. The zero-order valence-electron chi connectivity index (χ0n) is 9.39. The molecule has 0 unspecified atom stereocenters. The summed E-state index contributed by atoms with van der Waals surface area (Å²) in [4.78, 5) is 21.3. The Hall–Kier alpha value is -1.91. The number of ketones is 1. The average Bonchev–Trinajstić information content (AvgIpc) is 2.16. The Labute approximate surface area is 93.2 Å². The molecule has 0 radical (unpaired) electrons. The van der Waals surface area contributed by atoms with Crippen LogP contribution >= 0.6 is 0 Å². The Kier molecular flexibility index (Phi) is 3.60. The number of nitro benzene ring substituents is 1. The molecule has 0 aliphatic rings. The lowest BCUT2D eigenvalue weighted by Crippen LogP contribution is -2.09. The minimum Gasteiger partial charge on any atom is -0.490 e. The van der Waals surface area contributed by atoms with Crippen LogP contribution in [0.5, 0.6) is 5.75 Å². The van der Waals surface area contributed by atoms with Crippen LogP contribution in [0.15, 0.2) is 18.2 Å². The van der Waals surface area contributed by atoms with E-state index in [0.717, 1.165) is 0 Å². The van der Waals surface area contributed by atoms with Crippen molar-refractivity contribution in [2.24, 2.45) is 0 Å². The fourth-order valence-electron chi connectivity index (χ4n) is 1.26. The summed E-state index contributed by atoms with van der Waals surface area (Å²) in [5.74, 6) is 0.132. The highest BCUT2D eigenvalue weighted by Crippen LogP contribution is 2.25. The molecule has 0 bridgehead atoms. The third kappa shape index (κ3) is 2.79. The first-order valence-corrected chi connectivity index (χ1v) is 4.88. The molecule has 0 fully saturated rings. The number of ether oxygens (including phenoxy) is 1. The molecule has 5 nitrogen and oxygen atoms in total. The van der Waals surface area contributed by atoms with Crippen molar-refractivity contribution in [3.05, 3.63) is 33.9 Å². The molecule has 16 heavy (non-hydrogen) atoms. The van der Waals surface area contributed by atoms with Gasteiger partial charge in [-0.2, -0.15) is 0 Å². The van der Waals surface area contributed by atoms with Crippen molar-refractivity contribution in [2.75, 3.05) is 0 Å². The second-order valence-corrected chi connectivity index (χ2v) is 3.66. The maximum atomic E-state index is 11.3. The van der Waals surface area contributed by atoms with E-state index in [1.165, 1.54) is 25.1 Å². The van der Waals surface area contributed by atoms with Crippen LogP contribution in [0.1, 0.15) is 31.1 Å². The number of nitrogens with zero attached hydrogens (tertiary/aromatic N) is 1. The number of carbonyl (C=O) groups excluding carboxylic acids is 1. The van der Waals surface area contributed by atoms with Crippen molar-refractivity contribution in [2.45, 2.75) is 26.9 Å². The molecule has 0 amide bonds. The van der Waals surface area contributed by atoms with Gasteiger partial charge >= 0.3 is 0 Å². The summed E-state index contributed by atoms with van der Waals surface area (Å²) in [6, 6.07) is 4.01. The monoisotopic (exact) mass is 223 g/mol. The molecule has 86 valence electrons. The van der Waals surface area contributed by atoms with Gasteiger partial charge in [0.2, 0.25) is 0 Å². The number of hydrogen-bond donors (Lipinski definition) is 0. The highest BCUT2D eigenvalue weighted by Gasteiger charge is 2.15. The van der Waals surface area contributed by atoms with E-state index in [1.807, 2.05) is 13.8 Å². The summed E-state index contributed by atoms with van der Waals surface area (Å²) < 4.78 is 5.40. The SMILES string of the molecule is CC(=O)c1cc([N+](=O)[O-])ccc1OC(C)C. The molecule has 0 saturated heterocycles. The second kappa shape index (κ2) is 4.74. The highest BCUT2D eigenvalue weighted by atomic mass is 16.6. The highest BCUT2D eigenvalue weighted by molar-refractivity contribution is 5.97. The Morgan fingerprint density at radius 1 is 1.44 bits per heavy atom. The fourth-order valence-corrected chi connectivity index (χ4v) is 1.26. The van der Waals surface area contributed by atoms with Crippen molar-refractivity contribution in [3.8, 4) is 5.75 Å². The second-order valence-electron chi connectivity index (χ2n) is 3.66. The van der Waals surface area contributed by atoms with Crippen molar-refractivity contribution < 1.29 is 14.5 Å². The van der Waals surface area contributed by atoms with Gasteiger partial charge in [-0.1, -0.05) is 0 Å². The van der Waals surface area contributed by atoms with Crippen LogP contribution in [0.3, 0.4) is 0 Å². The molecule has 1 aromatic carbocycles. The third-order valence-electron chi connectivity index (χ3n) is 1.92. The molecular formula is C11H13NO4. The molecule has 1 rings (SSSR count). The van der Waals surface area contributed by atoms with Crippen molar-refractivity contribution in [1.82, 2.24) is 0 Å². The number of rotatable bonds is 4. The van der Waals surface area contributed by atoms with E-state index in [2.05, 4.69) is 0 Å². The van der Waals surface area contributed by atoms with Crippen LogP contribution in [0, 0.1) is 10.1 Å². The van der Waals surface area contributed by atoms with Crippen LogP contribution in [-0.2, 0) is 0 Å². The Bertz CT molecular complexity index is 426. The zero-order chi connectivity index (χ0) is 12.3. The van der Waals surface area contributed by atoms with Gasteiger partial charge < -0.3 is 4.74 Å². The first-order valence-electron chi connectivity index (χ1n) is 4.88. The first-order chi connectivity index (χ1) is 7.41. The van der Waals surface area contributed by atoms with Crippen LogP contribution in [0.25, 0.3) is 0 Å². The Morgan fingerprint density at radius 3 is 2.50 bits per heavy atom. The van der Waals surface area contributed by atoms with Gasteiger partial charge in [-0.15, -0.1) is 0 Å². The Morgan fingerprint density at radius 2 is 2.06 bits per heavy atom. The van der Waals surface area contributed by atoms with Gasteiger partial charge in [0.25, 0.3) is 5.69 Å². The first kappa shape index (κ1) is 12.2. The number of nitro groups is 1. The molecule has 1 aromatic rings. The lowest BCUT2D eigenvalue weighted by molar-refractivity contribution is -0.384. The number of Topliss-reactive ketones (excluding diaryl/α,β-unsaturated/α-hetero) is 1. The lowest BCUT2D eigenvalue weighted by Gasteiger charge is -2.12. The number of carbonyl (C=O) groups is 1. The van der Waals surface area contributed by atoms with Crippen LogP contribution in [-0.4, -0.2) is 16.8 Å². The molecule has 0 aliphatic carbocycles. The molecule has 0 atom stereocenters. The molecule has 0 saturated carbocycles. The van der Waals surface area contributed by atoms with Crippen LogP contribution in [0.4, 0.5) is 5.69 Å². The molecule has 0 spiro atoms. The van der Waals surface area contributed by atoms with E-state index in [0.29, 0.717) is 5.75 Å². The van der Waals surface area contributed by atoms with E-state index in [4.69, 9.17) is 4.74 Å². The summed E-state index contributed by atoms with van der Waals surface area (Å²) in [6.45, 7) is 5.00. The largest absolute Gasteiger partial charge is 0.490 e. The normalized spacial score (nSPS) is 10.2. The van der Waals surface area contributed by atoms with E-state index in [9.17, 15) is 14.9 Å². The number of non-ortho nitro benzene ring substituents is 1. The topological polar surface area (TPSA) is 69.4 Å². The minimum atomic E-state index is -0.536. The van der Waals surface area contributed by atoms with Crippen molar-refractivity contribution in [1.29, 1.82) is 0 Å². The molecular weight excluding hydrogens is 210 g/mol. The maximum Gasteiger partial charge on any atom is 0.270 e. The summed E-state index contributed by atoms with van der Waals surface area (Å²) in [5, 5.41) is 10.6.